The summed E-state index contributed by atoms with van der Waals surface area (Å²) in [4.78, 5) is 22.0. The van der Waals surface area contributed by atoms with Crippen molar-refractivity contribution in [1.82, 2.24) is 14.8 Å². The first kappa shape index (κ1) is 23.8. The molecule has 2 aliphatic heterocycles. The minimum Gasteiger partial charge on any atom is -0.494 e. The lowest BCUT2D eigenvalue weighted by Gasteiger charge is -2.34. The van der Waals surface area contributed by atoms with Crippen LogP contribution in [0.2, 0.25) is 0 Å². The predicted molar refractivity (Wildman–Crippen MR) is 141 cm³/mol. The highest BCUT2D eigenvalue weighted by Crippen LogP contribution is 2.39. The number of pyridine rings is 1. The van der Waals surface area contributed by atoms with E-state index in [2.05, 4.69) is 51.5 Å². The van der Waals surface area contributed by atoms with Crippen molar-refractivity contribution in [3.63, 3.8) is 0 Å². The molecule has 1 aromatic heterocycles. The number of fused-ring (bicyclic) bond motifs is 2. The van der Waals surface area contributed by atoms with Crippen molar-refractivity contribution in [1.29, 1.82) is 0 Å². The molecule has 6 nitrogen and oxygen atoms in total. The number of amides is 1. The van der Waals surface area contributed by atoms with E-state index in [9.17, 15) is 4.79 Å². The molecular formula is C29H36N4O2. The molecule has 1 saturated heterocycles. The highest BCUT2D eigenvalue weighted by atomic mass is 16.5. The molecule has 1 fully saturated rings. The molecule has 0 atom stereocenters. The summed E-state index contributed by atoms with van der Waals surface area (Å²) in [6, 6.07) is 18.6. The number of anilines is 1. The minimum atomic E-state index is -0.495. The molecular weight excluding hydrogens is 436 g/mol. The zero-order valence-electron chi connectivity index (χ0n) is 20.9. The Balaban J connectivity index is 0.977. The van der Waals surface area contributed by atoms with Crippen molar-refractivity contribution < 1.29 is 9.53 Å². The molecule has 2 aromatic carbocycles. The second kappa shape index (κ2) is 10.3. The van der Waals surface area contributed by atoms with Crippen LogP contribution in [0.15, 0.2) is 54.6 Å². The highest BCUT2D eigenvalue weighted by molar-refractivity contribution is 6.05. The fourth-order valence-electron chi connectivity index (χ4n) is 5.04. The maximum atomic E-state index is 12.1. The van der Waals surface area contributed by atoms with Crippen molar-refractivity contribution in [2.75, 3.05) is 44.6 Å². The maximum absolute atomic E-state index is 12.1. The number of para-hydroxylation sites is 1. The van der Waals surface area contributed by atoms with Crippen LogP contribution in [0.3, 0.4) is 0 Å². The van der Waals surface area contributed by atoms with E-state index >= 15 is 0 Å². The van der Waals surface area contributed by atoms with Crippen LogP contribution in [0.5, 0.6) is 5.75 Å². The largest absolute Gasteiger partial charge is 0.494 e. The number of nitrogens with one attached hydrogen (secondary N) is 1. The van der Waals surface area contributed by atoms with Crippen molar-refractivity contribution >= 4 is 22.5 Å². The molecule has 35 heavy (non-hydrogen) atoms. The van der Waals surface area contributed by atoms with E-state index in [0.717, 1.165) is 80.3 Å². The van der Waals surface area contributed by atoms with Crippen molar-refractivity contribution in [3.05, 3.63) is 65.9 Å². The molecule has 0 spiro atoms. The summed E-state index contributed by atoms with van der Waals surface area (Å²) in [5, 5.41) is 4.15. The fourth-order valence-corrected chi connectivity index (χ4v) is 5.04. The van der Waals surface area contributed by atoms with Crippen molar-refractivity contribution in [3.8, 4) is 5.75 Å². The zero-order valence-corrected chi connectivity index (χ0v) is 20.9. The Labute approximate surface area is 208 Å². The second-order valence-electron chi connectivity index (χ2n) is 10.3. The topological polar surface area (TPSA) is 57.7 Å². The van der Waals surface area contributed by atoms with Crippen molar-refractivity contribution in [2.45, 2.75) is 45.1 Å². The summed E-state index contributed by atoms with van der Waals surface area (Å²) in [6.07, 6.45) is 3.41. The Morgan fingerprint density at radius 3 is 2.60 bits per heavy atom. The first-order chi connectivity index (χ1) is 17.0. The van der Waals surface area contributed by atoms with Crippen LogP contribution in [0.25, 0.3) is 10.9 Å². The fraction of sp³-hybridized carbons (Fsp3) is 0.448. The number of carbonyl (C=O) groups is 1. The average Bonchev–Trinajstić information content (AvgIpc) is 3.10. The molecule has 1 amide bonds. The number of piperazine rings is 1. The molecule has 184 valence electrons. The van der Waals surface area contributed by atoms with E-state index < -0.39 is 5.41 Å². The highest BCUT2D eigenvalue weighted by Gasteiger charge is 2.38. The van der Waals surface area contributed by atoms with E-state index in [1.807, 2.05) is 32.0 Å². The third-order valence-electron chi connectivity index (χ3n) is 7.37. The van der Waals surface area contributed by atoms with Gasteiger partial charge in [0.05, 0.1) is 23.2 Å². The van der Waals surface area contributed by atoms with Crippen LogP contribution in [0, 0.1) is 0 Å². The number of aromatic nitrogens is 1. The third-order valence-corrected chi connectivity index (χ3v) is 7.37. The molecule has 0 bridgehead atoms. The van der Waals surface area contributed by atoms with Crippen LogP contribution >= 0.6 is 0 Å². The third kappa shape index (κ3) is 5.49. The molecule has 0 radical (unpaired) electrons. The minimum absolute atomic E-state index is 0.0517. The van der Waals surface area contributed by atoms with E-state index in [1.54, 1.807) is 0 Å². The SMILES string of the molecule is CC1(C)C(=O)Nc2ccc(OCCCCCN3CCN(Cc4ccc5ccccc5n4)CC3)cc21. The van der Waals surface area contributed by atoms with E-state index in [-0.39, 0.29) is 5.91 Å². The van der Waals surface area contributed by atoms with Gasteiger partial charge < -0.3 is 15.0 Å². The van der Waals surface area contributed by atoms with Gasteiger partial charge in [-0.2, -0.15) is 0 Å². The molecule has 1 N–H and O–H groups in total. The lowest BCUT2D eigenvalue weighted by molar-refractivity contribution is -0.119. The van der Waals surface area contributed by atoms with Gasteiger partial charge in [-0.15, -0.1) is 0 Å². The molecule has 0 saturated carbocycles. The number of carbonyl (C=O) groups excluding carboxylic acids is 1. The quantitative estimate of drug-likeness (QED) is 0.452. The normalized spacial score (nSPS) is 17.9. The molecule has 3 heterocycles. The van der Waals surface area contributed by atoms with Gasteiger partial charge in [0.2, 0.25) is 5.91 Å². The standard InChI is InChI=1S/C29H36N4O2/c1-29(2)25-20-24(12-13-27(25)31-28(29)34)35-19-7-3-6-14-32-15-17-33(18-16-32)21-23-11-10-22-8-4-5-9-26(22)30-23/h4-5,8-13,20H,3,6-7,14-19,21H2,1-2H3,(H,31,34). The smallest absolute Gasteiger partial charge is 0.234 e. The molecule has 6 heteroatoms. The van der Waals surface area contributed by atoms with Crippen LogP contribution in [0.4, 0.5) is 5.69 Å². The van der Waals surface area contributed by atoms with Gasteiger partial charge in [-0.25, -0.2) is 0 Å². The monoisotopic (exact) mass is 472 g/mol. The van der Waals surface area contributed by atoms with Gasteiger partial charge in [-0.05, 0) is 75.5 Å². The Kier molecular flexibility index (Phi) is 7.02. The predicted octanol–water partition coefficient (Wildman–Crippen LogP) is 4.83. The Morgan fingerprint density at radius 2 is 1.74 bits per heavy atom. The summed E-state index contributed by atoms with van der Waals surface area (Å²) in [6.45, 7) is 11.2. The summed E-state index contributed by atoms with van der Waals surface area (Å²) in [5.74, 6) is 0.904. The van der Waals surface area contributed by atoms with Gasteiger partial charge in [0.25, 0.3) is 0 Å². The van der Waals surface area contributed by atoms with Gasteiger partial charge in [0, 0.05) is 43.8 Å². The average molecular weight is 473 g/mol. The van der Waals surface area contributed by atoms with Crippen molar-refractivity contribution in [2.24, 2.45) is 0 Å². The van der Waals surface area contributed by atoms with E-state index in [1.165, 1.54) is 11.8 Å². The van der Waals surface area contributed by atoms with Gasteiger partial charge in [0.1, 0.15) is 5.75 Å². The maximum Gasteiger partial charge on any atom is 0.234 e. The number of hydrogen-bond acceptors (Lipinski definition) is 5. The number of benzene rings is 2. The Bertz CT molecular complexity index is 1180. The lowest BCUT2D eigenvalue weighted by atomic mass is 9.86. The molecule has 0 aliphatic carbocycles. The molecule has 0 unspecified atom stereocenters. The first-order valence-corrected chi connectivity index (χ1v) is 12.9. The number of ether oxygens (including phenoxy) is 1. The lowest BCUT2D eigenvalue weighted by Crippen LogP contribution is -2.46. The second-order valence-corrected chi connectivity index (χ2v) is 10.3. The summed E-state index contributed by atoms with van der Waals surface area (Å²) < 4.78 is 5.98. The summed E-state index contributed by atoms with van der Waals surface area (Å²) >= 11 is 0. The number of unbranched alkanes of at least 4 members (excludes halogenated alkanes) is 2. The molecule has 5 rings (SSSR count). The number of nitrogens with zero attached hydrogens (tertiary/aromatic N) is 3. The zero-order chi connectivity index (χ0) is 24.3. The van der Waals surface area contributed by atoms with Gasteiger partial charge >= 0.3 is 0 Å². The Morgan fingerprint density at radius 1 is 0.943 bits per heavy atom. The Hall–Kier alpha value is -2.96. The number of hydrogen-bond donors (Lipinski definition) is 1. The van der Waals surface area contributed by atoms with E-state index in [0.29, 0.717) is 6.61 Å². The van der Waals surface area contributed by atoms with Gasteiger partial charge in [-0.3, -0.25) is 14.7 Å². The van der Waals surface area contributed by atoms with Gasteiger partial charge in [-0.1, -0.05) is 24.3 Å². The van der Waals surface area contributed by atoms with E-state index in [4.69, 9.17) is 9.72 Å². The van der Waals surface area contributed by atoms with Crippen LogP contribution in [0.1, 0.15) is 44.4 Å². The first-order valence-electron chi connectivity index (χ1n) is 12.9. The molecule has 2 aliphatic rings. The number of rotatable bonds is 9. The van der Waals surface area contributed by atoms with Gasteiger partial charge in [0.15, 0.2) is 0 Å². The van der Waals surface area contributed by atoms with Crippen LogP contribution < -0.4 is 10.1 Å². The molecule has 3 aromatic rings. The summed E-state index contributed by atoms with van der Waals surface area (Å²) in [7, 11) is 0. The van der Waals surface area contributed by atoms with Crippen LogP contribution in [-0.2, 0) is 16.8 Å². The summed E-state index contributed by atoms with van der Waals surface area (Å²) in [5.41, 5.74) is 3.67. The van der Waals surface area contributed by atoms with Crippen LogP contribution in [-0.4, -0.2) is 60.0 Å².